The van der Waals surface area contributed by atoms with Crippen molar-refractivity contribution in [2.45, 2.75) is 125 Å². The van der Waals surface area contributed by atoms with Crippen LogP contribution in [0.5, 0.6) is 23.5 Å². The standard InChI is InChI=1S/C71H66F6N12O8/c1-5-45-53(74)14-9-36-19-43(90)21-49(56(36)45)60-58(76)62-51(26-78-60)65(84-30-39-10-11-40(31-84)88(39)68(92)94-4)83-67(81-62)97-35-71-17-15-55(87(71)29-38(73)25-71)47-23-54(75)46(6-2)57-48(47)20-44(91)22-50(57)61-59(77)63-52(27-79-61)64(85-32-41-12-13-42(33-85)89(41)69(93)95-7-3)82-66(80-63)96-34-70-16-8-18-86(70)28-37(72)24-70/h1-2,9,14,19-23,26-27,37-42,55,90-91H,7-8,10-13,15-18,24-25,28-35H2,3-4H3/t37-,38-,39?,40?,41?,42?,55?,70+,71+/m1/s1. The van der Waals surface area contributed by atoms with Gasteiger partial charge in [0.1, 0.15) is 82.7 Å². The van der Waals surface area contributed by atoms with E-state index in [0.717, 1.165) is 12.5 Å². The van der Waals surface area contributed by atoms with E-state index in [0.29, 0.717) is 74.9 Å². The lowest BCUT2D eigenvalue weighted by Gasteiger charge is -2.41. The predicted molar refractivity (Wildman–Crippen MR) is 346 cm³/mol. The molecule has 500 valence electrons. The summed E-state index contributed by atoms with van der Waals surface area (Å²) in [6, 6.07) is 6.78. The monoisotopic (exact) mass is 1330 g/mol. The van der Waals surface area contributed by atoms with Crippen LogP contribution in [0.4, 0.5) is 47.6 Å². The van der Waals surface area contributed by atoms with Gasteiger partial charge in [0.15, 0.2) is 11.6 Å². The van der Waals surface area contributed by atoms with Gasteiger partial charge in [-0.05, 0) is 118 Å². The quantitative estimate of drug-likeness (QED) is 0.0861. The highest BCUT2D eigenvalue weighted by atomic mass is 19.2. The Labute approximate surface area is 552 Å². The molecule has 0 spiro atoms. The minimum absolute atomic E-state index is 0.0110. The molecule has 2 amide bonds. The summed E-state index contributed by atoms with van der Waals surface area (Å²) < 4.78 is 124. The van der Waals surface area contributed by atoms with Crippen molar-refractivity contribution >= 4 is 67.2 Å². The molecule has 0 aliphatic carbocycles. The van der Waals surface area contributed by atoms with Crippen molar-refractivity contribution < 1.29 is 65.1 Å². The zero-order chi connectivity index (χ0) is 67.1. The number of hydrogen-bond donors (Lipinski definition) is 2. The molecular formula is C71H66F6N12O8. The van der Waals surface area contributed by atoms with E-state index in [1.54, 1.807) is 16.7 Å². The van der Waals surface area contributed by atoms with Crippen molar-refractivity contribution in [1.82, 2.24) is 49.5 Å². The summed E-state index contributed by atoms with van der Waals surface area (Å²) in [4.78, 5) is 65.9. The van der Waals surface area contributed by atoms with Crippen LogP contribution in [0.25, 0.3) is 65.9 Å². The summed E-state index contributed by atoms with van der Waals surface area (Å²) in [6.45, 7) is 3.75. The SMILES string of the molecule is C#Cc1c(F)ccc2cc(O)cc(-c3ncc4c(N5CC6CCC(C5)N6C(=O)OC)nc(OC[C@@]56CCC(c7cc(F)c(C#C)c8c(-c9ncc%10c(N%11CC%12CCC(C%11)N%12C(=O)OCC)nc(OC[C@@]%11%12CCCN%11C[C@H](F)C%12)nc%10c9F)cc(O)cc78)N5C[C@H](F)C6)nc4c3F)c12. The number of benzene rings is 4. The van der Waals surface area contributed by atoms with Gasteiger partial charge in [-0.1, -0.05) is 17.9 Å². The Morgan fingerprint density at radius 1 is 0.639 bits per heavy atom. The number of ether oxygens (including phenoxy) is 4. The van der Waals surface area contributed by atoms with E-state index in [9.17, 15) is 19.8 Å². The molecule has 8 aliphatic rings. The zero-order valence-electron chi connectivity index (χ0n) is 53.0. The van der Waals surface area contributed by atoms with Gasteiger partial charge in [0, 0.05) is 92.4 Å². The molecule has 16 rings (SSSR count). The number of aromatic nitrogens is 6. The Balaban J connectivity index is 0.765. The Morgan fingerprint density at radius 2 is 1.19 bits per heavy atom. The topological polar surface area (TPSA) is 208 Å². The Hall–Kier alpha value is -9.66. The molecule has 8 aromatic rings. The van der Waals surface area contributed by atoms with Crippen LogP contribution in [0.1, 0.15) is 93.9 Å². The smallest absolute Gasteiger partial charge is 0.410 e. The first-order chi connectivity index (χ1) is 46.9. The van der Waals surface area contributed by atoms with Gasteiger partial charge >= 0.3 is 24.2 Å². The molecule has 26 heteroatoms. The number of phenols is 2. The summed E-state index contributed by atoms with van der Waals surface area (Å²) >= 11 is 0. The fraction of sp³-hybridized carbons (Fsp3) is 0.437. The molecule has 0 saturated carbocycles. The van der Waals surface area contributed by atoms with E-state index in [2.05, 4.69) is 31.7 Å². The molecule has 8 saturated heterocycles. The van der Waals surface area contributed by atoms with Crippen molar-refractivity contribution in [3.05, 3.63) is 94.8 Å². The molecule has 5 unspecified atom stereocenters. The number of carbonyl (C=O) groups excluding carboxylic acids is 2. The lowest BCUT2D eigenvalue weighted by atomic mass is 9.89. The van der Waals surface area contributed by atoms with Crippen LogP contribution in [-0.4, -0.2) is 192 Å². The number of hydrogen-bond acceptors (Lipinski definition) is 18. The molecule has 97 heavy (non-hydrogen) atoms. The van der Waals surface area contributed by atoms with Crippen LogP contribution in [0.3, 0.4) is 0 Å². The number of methoxy groups -OCH3 is 1. The number of alkyl halides is 2. The van der Waals surface area contributed by atoms with Gasteiger partial charge in [0.05, 0.1) is 70.9 Å². The molecule has 4 aromatic carbocycles. The summed E-state index contributed by atoms with van der Waals surface area (Å²) in [7, 11) is 1.32. The lowest BCUT2D eigenvalue weighted by molar-refractivity contribution is 0.0824. The first-order valence-corrected chi connectivity index (χ1v) is 32.9. The van der Waals surface area contributed by atoms with E-state index in [1.807, 2.05) is 14.7 Å². The Bertz CT molecular complexity index is 4700. The second-order valence-electron chi connectivity index (χ2n) is 27.0. The zero-order valence-corrected chi connectivity index (χ0v) is 53.0. The van der Waals surface area contributed by atoms with Crippen LogP contribution < -0.4 is 19.3 Å². The molecule has 0 radical (unpaired) electrons. The van der Waals surface area contributed by atoms with Crippen LogP contribution >= 0.6 is 0 Å². The Morgan fingerprint density at radius 3 is 1.77 bits per heavy atom. The third kappa shape index (κ3) is 10.0. The third-order valence-electron chi connectivity index (χ3n) is 21.7. The van der Waals surface area contributed by atoms with Crippen LogP contribution in [0.2, 0.25) is 0 Å². The lowest BCUT2D eigenvalue weighted by Crippen LogP contribution is -2.56. The largest absolute Gasteiger partial charge is 0.508 e. The summed E-state index contributed by atoms with van der Waals surface area (Å²) in [6.07, 6.45) is 16.4. The van der Waals surface area contributed by atoms with Gasteiger partial charge in [-0.3, -0.25) is 29.6 Å². The second-order valence-corrected chi connectivity index (χ2v) is 27.0. The number of fused-ring (bicyclic) bond motifs is 10. The number of aromatic hydroxyl groups is 2. The number of terminal acetylenes is 2. The van der Waals surface area contributed by atoms with Gasteiger partial charge in [-0.15, -0.1) is 12.8 Å². The molecule has 8 fully saturated rings. The number of halogens is 6. The van der Waals surface area contributed by atoms with Crippen molar-refractivity contribution in [1.29, 1.82) is 0 Å². The normalized spacial score (nSPS) is 25.9. The van der Waals surface area contributed by atoms with Crippen LogP contribution in [-0.2, 0) is 9.47 Å². The van der Waals surface area contributed by atoms with Crippen LogP contribution in [0.15, 0.2) is 54.9 Å². The van der Waals surface area contributed by atoms with Crippen molar-refractivity contribution in [3.8, 4) is 70.7 Å². The van der Waals surface area contributed by atoms with E-state index in [1.165, 1.54) is 55.9 Å². The molecule has 12 heterocycles. The number of rotatable bonds is 12. The van der Waals surface area contributed by atoms with Gasteiger partial charge < -0.3 is 39.0 Å². The molecule has 2 N–H and O–H groups in total. The molecule has 9 atom stereocenters. The van der Waals surface area contributed by atoms with E-state index >= 15 is 26.3 Å². The number of carbonyl (C=O) groups is 2. The summed E-state index contributed by atoms with van der Waals surface area (Å²) in [5.74, 6) is 1.19. The van der Waals surface area contributed by atoms with Crippen molar-refractivity contribution in [2.75, 3.05) is 82.5 Å². The van der Waals surface area contributed by atoms with E-state index in [4.69, 9.17) is 46.7 Å². The number of phenolic OH excluding ortho intramolecular Hbond substituents is 2. The first-order valence-electron chi connectivity index (χ1n) is 32.9. The maximum absolute atomic E-state index is 18.2. The maximum atomic E-state index is 18.2. The average molecular weight is 1330 g/mol. The number of pyridine rings is 2. The fourth-order valence-corrected chi connectivity index (χ4v) is 17.6. The molecule has 4 aromatic heterocycles. The van der Waals surface area contributed by atoms with E-state index < -0.39 is 64.9 Å². The van der Waals surface area contributed by atoms with Gasteiger partial charge in [-0.25, -0.2) is 35.9 Å². The van der Waals surface area contributed by atoms with E-state index in [-0.39, 0.29) is 190 Å². The average Bonchev–Trinajstić information content (AvgIpc) is 1.73. The fourth-order valence-electron chi connectivity index (χ4n) is 17.6. The maximum Gasteiger partial charge on any atom is 0.410 e. The van der Waals surface area contributed by atoms with Crippen molar-refractivity contribution in [2.24, 2.45) is 0 Å². The highest BCUT2D eigenvalue weighted by Gasteiger charge is 2.55. The third-order valence-corrected chi connectivity index (χ3v) is 21.7. The highest BCUT2D eigenvalue weighted by Crippen LogP contribution is 2.53. The molecular weight excluding hydrogens is 1260 g/mol. The molecule has 4 bridgehead atoms. The Kier molecular flexibility index (Phi) is 15.1. The number of anilines is 2. The minimum atomic E-state index is -1.42. The van der Waals surface area contributed by atoms with Gasteiger partial charge in [0.2, 0.25) is 0 Å². The number of amides is 2. The minimum Gasteiger partial charge on any atom is -0.508 e. The number of nitrogens with zero attached hydrogens (tertiary/aromatic N) is 12. The van der Waals surface area contributed by atoms with Gasteiger partial charge in [0.25, 0.3) is 0 Å². The summed E-state index contributed by atoms with van der Waals surface area (Å²) in [5, 5.41) is 23.8. The van der Waals surface area contributed by atoms with Crippen molar-refractivity contribution in [3.63, 3.8) is 0 Å². The summed E-state index contributed by atoms with van der Waals surface area (Å²) in [5.41, 5.74) is -3.05. The molecule has 20 nitrogen and oxygen atoms in total. The van der Waals surface area contributed by atoms with Crippen LogP contribution in [0, 0.1) is 48.0 Å². The second kappa shape index (κ2) is 23.6. The van der Waals surface area contributed by atoms with Gasteiger partial charge in [-0.2, -0.15) is 19.9 Å². The first kappa shape index (κ1) is 62.2. The predicted octanol–water partition coefficient (Wildman–Crippen LogP) is 10.8. The molecule has 8 aliphatic heterocycles. The highest BCUT2D eigenvalue weighted by molar-refractivity contribution is 6.05. The number of piperazine rings is 2.